The largest absolute Gasteiger partial charge is 0.494 e. The molecule has 0 saturated heterocycles. The number of aryl methyl sites for hydroxylation is 1. The van der Waals surface area contributed by atoms with Crippen molar-refractivity contribution < 1.29 is 4.74 Å². The highest BCUT2D eigenvalue weighted by Crippen LogP contribution is 2.50. The van der Waals surface area contributed by atoms with Crippen molar-refractivity contribution in [1.82, 2.24) is 0 Å². The first-order valence-corrected chi connectivity index (χ1v) is 7.62. The minimum absolute atomic E-state index is 0.0986. The Morgan fingerprint density at radius 1 is 1.26 bits per heavy atom. The highest BCUT2D eigenvalue weighted by molar-refractivity contribution is 5.40. The first kappa shape index (κ1) is 14.4. The molecule has 19 heavy (non-hydrogen) atoms. The lowest BCUT2D eigenvalue weighted by molar-refractivity contribution is 0.216. The van der Waals surface area contributed by atoms with E-state index >= 15 is 0 Å². The van der Waals surface area contributed by atoms with Crippen LogP contribution in [0.4, 0.5) is 0 Å². The number of rotatable bonds is 5. The maximum absolute atomic E-state index is 6.67. The fourth-order valence-electron chi connectivity index (χ4n) is 3.49. The topological polar surface area (TPSA) is 35.2 Å². The zero-order valence-electron chi connectivity index (χ0n) is 12.5. The molecular formula is C17H27NO. The molecule has 1 fully saturated rings. The van der Waals surface area contributed by atoms with Crippen LogP contribution in [0.3, 0.4) is 0 Å². The molecule has 0 amide bonds. The van der Waals surface area contributed by atoms with Crippen molar-refractivity contribution in [2.45, 2.75) is 58.9 Å². The van der Waals surface area contributed by atoms with Crippen LogP contribution in [0.5, 0.6) is 5.75 Å². The number of hydrogen-bond acceptors (Lipinski definition) is 2. The van der Waals surface area contributed by atoms with Crippen LogP contribution in [-0.4, -0.2) is 6.61 Å². The molecule has 1 aliphatic carbocycles. The molecule has 1 aliphatic rings. The average molecular weight is 261 g/mol. The molecule has 0 heterocycles. The molecule has 1 aromatic carbocycles. The lowest BCUT2D eigenvalue weighted by Gasteiger charge is -2.35. The fraction of sp³-hybridized carbons (Fsp3) is 0.647. The predicted octanol–water partition coefficient (Wildman–Crippen LogP) is 4.36. The molecule has 0 aromatic heterocycles. The van der Waals surface area contributed by atoms with Crippen molar-refractivity contribution in [2.75, 3.05) is 6.61 Å². The predicted molar refractivity (Wildman–Crippen MR) is 80.5 cm³/mol. The Labute approximate surface area is 117 Å². The van der Waals surface area contributed by atoms with Gasteiger partial charge in [0.2, 0.25) is 0 Å². The van der Waals surface area contributed by atoms with E-state index in [1.165, 1.54) is 36.8 Å². The second-order valence-electron chi connectivity index (χ2n) is 5.87. The normalized spacial score (nSPS) is 19.4. The summed E-state index contributed by atoms with van der Waals surface area (Å²) in [6, 6.07) is 6.49. The van der Waals surface area contributed by atoms with E-state index in [9.17, 15) is 0 Å². The maximum atomic E-state index is 6.67. The Kier molecular flexibility index (Phi) is 4.51. The average Bonchev–Trinajstić information content (AvgIpc) is 2.90. The van der Waals surface area contributed by atoms with Crippen LogP contribution < -0.4 is 10.5 Å². The summed E-state index contributed by atoms with van der Waals surface area (Å²) in [7, 11) is 0. The third-order valence-electron chi connectivity index (χ3n) is 4.76. The molecule has 1 atom stereocenters. The van der Waals surface area contributed by atoms with Crippen LogP contribution in [0.25, 0.3) is 0 Å². The van der Waals surface area contributed by atoms with Crippen LogP contribution in [0.1, 0.15) is 63.1 Å². The van der Waals surface area contributed by atoms with Crippen molar-refractivity contribution in [2.24, 2.45) is 11.1 Å². The highest BCUT2D eigenvalue weighted by atomic mass is 16.5. The zero-order valence-corrected chi connectivity index (χ0v) is 12.5. The van der Waals surface area contributed by atoms with Crippen molar-refractivity contribution in [3.8, 4) is 5.75 Å². The van der Waals surface area contributed by atoms with E-state index in [1.807, 2.05) is 6.92 Å². The Morgan fingerprint density at radius 2 is 1.95 bits per heavy atom. The van der Waals surface area contributed by atoms with E-state index in [0.29, 0.717) is 6.61 Å². The Morgan fingerprint density at radius 3 is 2.53 bits per heavy atom. The van der Waals surface area contributed by atoms with Gasteiger partial charge in [-0.25, -0.2) is 0 Å². The van der Waals surface area contributed by atoms with Gasteiger partial charge in [-0.2, -0.15) is 0 Å². The van der Waals surface area contributed by atoms with Crippen molar-refractivity contribution in [3.63, 3.8) is 0 Å². The Bertz CT molecular complexity index is 421. The number of hydrogen-bond donors (Lipinski definition) is 1. The van der Waals surface area contributed by atoms with Crippen molar-refractivity contribution in [3.05, 3.63) is 29.3 Å². The van der Waals surface area contributed by atoms with Crippen LogP contribution in [0.15, 0.2) is 18.2 Å². The van der Waals surface area contributed by atoms with Crippen molar-refractivity contribution in [1.29, 1.82) is 0 Å². The second-order valence-corrected chi connectivity index (χ2v) is 5.87. The van der Waals surface area contributed by atoms with E-state index in [2.05, 4.69) is 32.0 Å². The third kappa shape index (κ3) is 2.79. The highest BCUT2D eigenvalue weighted by Gasteiger charge is 2.39. The molecule has 1 saturated carbocycles. The van der Waals surface area contributed by atoms with Gasteiger partial charge in [-0.05, 0) is 44.6 Å². The minimum Gasteiger partial charge on any atom is -0.494 e. The first-order chi connectivity index (χ1) is 9.13. The monoisotopic (exact) mass is 261 g/mol. The molecule has 1 unspecified atom stereocenters. The van der Waals surface area contributed by atoms with E-state index in [1.54, 1.807) is 0 Å². The van der Waals surface area contributed by atoms with Gasteiger partial charge in [-0.1, -0.05) is 37.5 Å². The first-order valence-electron chi connectivity index (χ1n) is 7.62. The number of ether oxygens (including phenoxy) is 1. The SMILES string of the molecule is CCOc1ccc(C)cc1C(N)C1(CC)CCCC1. The molecule has 106 valence electrons. The van der Waals surface area contributed by atoms with Crippen LogP contribution in [0.2, 0.25) is 0 Å². The smallest absolute Gasteiger partial charge is 0.124 e. The van der Waals surface area contributed by atoms with E-state index in [-0.39, 0.29) is 11.5 Å². The summed E-state index contributed by atoms with van der Waals surface area (Å²) in [4.78, 5) is 0. The molecule has 2 rings (SSSR count). The molecule has 0 radical (unpaired) electrons. The van der Waals surface area contributed by atoms with Gasteiger partial charge in [0.25, 0.3) is 0 Å². The summed E-state index contributed by atoms with van der Waals surface area (Å²) >= 11 is 0. The van der Waals surface area contributed by atoms with Gasteiger partial charge in [-0.3, -0.25) is 0 Å². The zero-order chi connectivity index (χ0) is 13.9. The van der Waals surface area contributed by atoms with Gasteiger partial charge in [-0.15, -0.1) is 0 Å². The lowest BCUT2D eigenvalue weighted by Crippen LogP contribution is -2.32. The molecule has 2 heteroatoms. The summed E-state index contributed by atoms with van der Waals surface area (Å²) in [6.07, 6.45) is 6.30. The summed E-state index contributed by atoms with van der Waals surface area (Å²) in [5, 5.41) is 0. The van der Waals surface area contributed by atoms with Crippen molar-refractivity contribution >= 4 is 0 Å². The summed E-state index contributed by atoms with van der Waals surface area (Å²) in [5.41, 5.74) is 9.41. The van der Waals surface area contributed by atoms with Gasteiger partial charge in [0, 0.05) is 11.6 Å². The summed E-state index contributed by atoms with van der Waals surface area (Å²) in [5.74, 6) is 0.973. The van der Waals surface area contributed by atoms with Gasteiger partial charge in [0.1, 0.15) is 5.75 Å². The molecule has 0 bridgehead atoms. The van der Waals surface area contributed by atoms with Gasteiger partial charge < -0.3 is 10.5 Å². The number of nitrogens with two attached hydrogens (primary N) is 1. The van der Waals surface area contributed by atoms with Crippen LogP contribution in [-0.2, 0) is 0 Å². The molecule has 1 aromatic rings. The molecule has 2 nitrogen and oxygen atoms in total. The number of benzene rings is 1. The molecule has 0 aliphatic heterocycles. The van der Waals surface area contributed by atoms with E-state index in [0.717, 1.165) is 12.2 Å². The van der Waals surface area contributed by atoms with E-state index in [4.69, 9.17) is 10.5 Å². The van der Waals surface area contributed by atoms with Gasteiger partial charge >= 0.3 is 0 Å². The molecule has 0 spiro atoms. The Balaban J connectivity index is 2.36. The fourth-order valence-corrected chi connectivity index (χ4v) is 3.49. The second kappa shape index (κ2) is 5.96. The quantitative estimate of drug-likeness (QED) is 0.854. The molecular weight excluding hydrogens is 234 g/mol. The van der Waals surface area contributed by atoms with Gasteiger partial charge in [0.05, 0.1) is 6.61 Å². The Hall–Kier alpha value is -1.02. The maximum Gasteiger partial charge on any atom is 0.124 e. The van der Waals surface area contributed by atoms with Gasteiger partial charge in [0.15, 0.2) is 0 Å². The summed E-state index contributed by atoms with van der Waals surface area (Å²) < 4.78 is 5.78. The standard InChI is InChI=1S/C17H27NO/c1-4-17(10-6-7-11-17)16(18)14-12-13(3)8-9-15(14)19-5-2/h8-9,12,16H,4-7,10-11,18H2,1-3H3. The molecule has 2 N–H and O–H groups in total. The third-order valence-corrected chi connectivity index (χ3v) is 4.76. The van der Waals surface area contributed by atoms with E-state index < -0.39 is 0 Å². The lowest BCUT2D eigenvalue weighted by atomic mass is 9.73. The van der Waals surface area contributed by atoms with Crippen LogP contribution >= 0.6 is 0 Å². The van der Waals surface area contributed by atoms with Crippen LogP contribution in [0, 0.1) is 12.3 Å². The minimum atomic E-state index is 0.0986. The summed E-state index contributed by atoms with van der Waals surface area (Å²) in [6.45, 7) is 7.13.